The Bertz CT molecular complexity index is 607. The molecule has 2 fully saturated rings. The standard InChI is InChI=1S/C20H28N2O4/c1-2-25-20(24)9-6-11-21-14-17-18(15-21)26-12-10-19(23)22(17)13-16-7-4-3-5-8-16/h3-5,7-8,17-18H,2,6,9-15H2,1H3/t17-,18-/m0/s1. The molecule has 2 aliphatic rings. The van der Waals surface area contributed by atoms with Crippen molar-refractivity contribution in [1.29, 1.82) is 0 Å². The number of benzene rings is 1. The zero-order valence-corrected chi connectivity index (χ0v) is 15.4. The van der Waals surface area contributed by atoms with E-state index in [-0.39, 0.29) is 24.0 Å². The molecule has 2 aliphatic heterocycles. The first-order valence-corrected chi connectivity index (χ1v) is 9.50. The average Bonchev–Trinajstić information content (AvgIpc) is 2.97. The number of amides is 1. The van der Waals surface area contributed by atoms with Crippen molar-refractivity contribution in [2.45, 2.75) is 44.9 Å². The molecule has 6 heteroatoms. The number of nitrogens with zero attached hydrogens (tertiary/aromatic N) is 2. The number of hydrogen-bond donors (Lipinski definition) is 0. The Morgan fingerprint density at radius 1 is 1.27 bits per heavy atom. The van der Waals surface area contributed by atoms with Crippen molar-refractivity contribution in [1.82, 2.24) is 9.80 Å². The highest BCUT2D eigenvalue weighted by atomic mass is 16.5. The SMILES string of the molecule is CCOC(=O)CCCN1C[C@@H]2OCCC(=O)N(Cc3ccccc3)[C@H]2C1. The maximum absolute atomic E-state index is 12.6. The third-order valence-electron chi connectivity index (χ3n) is 5.04. The minimum atomic E-state index is -0.141. The third kappa shape index (κ3) is 4.83. The molecular weight excluding hydrogens is 332 g/mol. The molecule has 0 aromatic heterocycles. The average molecular weight is 360 g/mol. The lowest BCUT2D eigenvalue weighted by Crippen LogP contribution is -2.45. The molecule has 2 saturated heterocycles. The van der Waals surface area contributed by atoms with Gasteiger partial charge in [-0.15, -0.1) is 0 Å². The fourth-order valence-electron chi connectivity index (χ4n) is 3.77. The van der Waals surface area contributed by atoms with Crippen LogP contribution < -0.4 is 0 Å². The number of esters is 1. The summed E-state index contributed by atoms with van der Waals surface area (Å²) >= 11 is 0. The van der Waals surface area contributed by atoms with Crippen LogP contribution in [0.15, 0.2) is 30.3 Å². The lowest BCUT2D eigenvalue weighted by Gasteiger charge is -2.30. The Balaban J connectivity index is 1.58. The molecule has 1 aromatic rings. The number of carbonyl (C=O) groups is 2. The van der Waals surface area contributed by atoms with Crippen LogP contribution in [0, 0.1) is 0 Å². The molecule has 0 aliphatic carbocycles. The summed E-state index contributed by atoms with van der Waals surface area (Å²) in [5.41, 5.74) is 1.14. The number of hydrogen-bond acceptors (Lipinski definition) is 5. The largest absolute Gasteiger partial charge is 0.466 e. The first kappa shape index (κ1) is 18.9. The van der Waals surface area contributed by atoms with Crippen molar-refractivity contribution in [2.24, 2.45) is 0 Å². The Labute approximate surface area is 155 Å². The van der Waals surface area contributed by atoms with Gasteiger partial charge in [-0.3, -0.25) is 14.5 Å². The summed E-state index contributed by atoms with van der Waals surface area (Å²) in [7, 11) is 0. The van der Waals surface area contributed by atoms with Crippen LogP contribution in [0.3, 0.4) is 0 Å². The van der Waals surface area contributed by atoms with Crippen LogP contribution in [-0.4, -0.2) is 66.7 Å². The van der Waals surface area contributed by atoms with Crippen molar-refractivity contribution in [3.63, 3.8) is 0 Å². The summed E-state index contributed by atoms with van der Waals surface area (Å²) < 4.78 is 10.9. The normalized spacial score (nSPS) is 23.6. The maximum atomic E-state index is 12.6. The molecule has 0 bridgehead atoms. The molecule has 2 heterocycles. The van der Waals surface area contributed by atoms with Crippen LogP contribution >= 0.6 is 0 Å². The van der Waals surface area contributed by atoms with Gasteiger partial charge in [0, 0.05) is 26.1 Å². The topological polar surface area (TPSA) is 59.1 Å². The Morgan fingerprint density at radius 3 is 2.85 bits per heavy atom. The molecule has 0 unspecified atom stereocenters. The van der Waals surface area contributed by atoms with E-state index in [0.717, 1.165) is 31.6 Å². The molecule has 1 amide bonds. The van der Waals surface area contributed by atoms with Crippen LogP contribution in [-0.2, 0) is 25.6 Å². The predicted molar refractivity (Wildman–Crippen MR) is 97.4 cm³/mol. The molecular formula is C20H28N2O4. The van der Waals surface area contributed by atoms with Gasteiger partial charge in [-0.2, -0.15) is 0 Å². The van der Waals surface area contributed by atoms with Gasteiger partial charge >= 0.3 is 5.97 Å². The van der Waals surface area contributed by atoms with Crippen molar-refractivity contribution in [2.75, 3.05) is 32.8 Å². The zero-order chi connectivity index (χ0) is 18.4. The fourth-order valence-corrected chi connectivity index (χ4v) is 3.77. The summed E-state index contributed by atoms with van der Waals surface area (Å²) in [6.45, 7) is 5.79. The molecule has 3 rings (SSSR count). The van der Waals surface area contributed by atoms with Gasteiger partial charge in [0.05, 0.1) is 31.8 Å². The van der Waals surface area contributed by atoms with Gasteiger partial charge in [-0.05, 0) is 25.5 Å². The van der Waals surface area contributed by atoms with Gasteiger partial charge in [-0.25, -0.2) is 0 Å². The van der Waals surface area contributed by atoms with E-state index < -0.39 is 0 Å². The minimum absolute atomic E-state index is 0.0488. The lowest BCUT2D eigenvalue weighted by atomic mass is 10.1. The zero-order valence-electron chi connectivity index (χ0n) is 15.4. The number of ether oxygens (including phenoxy) is 2. The maximum Gasteiger partial charge on any atom is 0.305 e. The van der Waals surface area contributed by atoms with E-state index in [1.807, 2.05) is 30.0 Å². The van der Waals surface area contributed by atoms with Gasteiger partial charge in [0.2, 0.25) is 5.91 Å². The molecule has 0 N–H and O–H groups in total. The first-order chi connectivity index (χ1) is 12.7. The highest BCUT2D eigenvalue weighted by Crippen LogP contribution is 2.25. The third-order valence-corrected chi connectivity index (χ3v) is 5.04. The van der Waals surface area contributed by atoms with E-state index in [1.54, 1.807) is 0 Å². The highest BCUT2D eigenvalue weighted by molar-refractivity contribution is 5.77. The molecule has 142 valence electrons. The van der Waals surface area contributed by atoms with Gasteiger partial charge in [-0.1, -0.05) is 30.3 Å². The molecule has 26 heavy (non-hydrogen) atoms. The van der Waals surface area contributed by atoms with Crippen LogP contribution in [0.25, 0.3) is 0 Å². The van der Waals surface area contributed by atoms with E-state index in [9.17, 15) is 9.59 Å². The second kappa shape index (κ2) is 9.14. The van der Waals surface area contributed by atoms with Crippen LogP contribution in [0.2, 0.25) is 0 Å². The second-order valence-electron chi connectivity index (χ2n) is 6.90. The van der Waals surface area contributed by atoms with Gasteiger partial charge in [0.1, 0.15) is 0 Å². The summed E-state index contributed by atoms with van der Waals surface area (Å²) in [5, 5.41) is 0. The highest BCUT2D eigenvalue weighted by Gasteiger charge is 2.41. The molecule has 1 aromatic carbocycles. The number of carbonyl (C=O) groups excluding carboxylic acids is 2. The number of likely N-dealkylation sites (tertiary alicyclic amines) is 1. The van der Waals surface area contributed by atoms with Crippen LogP contribution in [0.1, 0.15) is 31.7 Å². The van der Waals surface area contributed by atoms with Crippen LogP contribution in [0.4, 0.5) is 0 Å². The second-order valence-corrected chi connectivity index (χ2v) is 6.90. The fraction of sp³-hybridized carbons (Fsp3) is 0.600. The number of fused-ring (bicyclic) bond motifs is 1. The van der Waals surface area contributed by atoms with E-state index >= 15 is 0 Å². The molecule has 6 nitrogen and oxygen atoms in total. The van der Waals surface area contributed by atoms with Crippen molar-refractivity contribution in [3.8, 4) is 0 Å². The van der Waals surface area contributed by atoms with Crippen molar-refractivity contribution < 1.29 is 19.1 Å². The first-order valence-electron chi connectivity index (χ1n) is 9.50. The van der Waals surface area contributed by atoms with Crippen LogP contribution in [0.5, 0.6) is 0 Å². The Morgan fingerprint density at radius 2 is 2.08 bits per heavy atom. The van der Waals surface area contributed by atoms with Gasteiger partial charge in [0.25, 0.3) is 0 Å². The molecule has 0 radical (unpaired) electrons. The quantitative estimate of drug-likeness (QED) is 0.695. The molecule has 2 atom stereocenters. The lowest BCUT2D eigenvalue weighted by molar-refractivity contribution is -0.143. The summed E-state index contributed by atoms with van der Waals surface area (Å²) in [6.07, 6.45) is 1.70. The van der Waals surface area contributed by atoms with Crippen molar-refractivity contribution in [3.05, 3.63) is 35.9 Å². The van der Waals surface area contributed by atoms with Gasteiger partial charge < -0.3 is 14.4 Å². The van der Waals surface area contributed by atoms with E-state index in [2.05, 4.69) is 17.0 Å². The van der Waals surface area contributed by atoms with E-state index in [4.69, 9.17) is 9.47 Å². The summed E-state index contributed by atoms with van der Waals surface area (Å²) in [6, 6.07) is 10.2. The smallest absolute Gasteiger partial charge is 0.305 e. The summed E-state index contributed by atoms with van der Waals surface area (Å²) in [5.74, 6) is 0.0211. The van der Waals surface area contributed by atoms with Gasteiger partial charge in [0.15, 0.2) is 0 Å². The minimum Gasteiger partial charge on any atom is -0.466 e. The summed E-state index contributed by atoms with van der Waals surface area (Å²) in [4.78, 5) is 28.4. The van der Waals surface area contributed by atoms with Crippen molar-refractivity contribution >= 4 is 11.9 Å². The Hall–Kier alpha value is -1.92. The molecule has 0 spiro atoms. The Kier molecular flexibility index (Phi) is 6.63. The van der Waals surface area contributed by atoms with E-state index in [0.29, 0.717) is 32.6 Å². The predicted octanol–water partition coefficient (Wildman–Crippen LogP) is 1.83. The van der Waals surface area contributed by atoms with E-state index in [1.165, 1.54) is 0 Å². The molecule has 0 saturated carbocycles. The number of rotatable bonds is 7. The monoisotopic (exact) mass is 360 g/mol.